The first kappa shape index (κ1) is 14.8. The molecular formula is C12H22N2O4. The van der Waals surface area contributed by atoms with Gasteiger partial charge in [-0.2, -0.15) is 0 Å². The van der Waals surface area contributed by atoms with Crippen LogP contribution in [0.15, 0.2) is 0 Å². The molecule has 0 aromatic carbocycles. The molecule has 1 aliphatic heterocycles. The minimum atomic E-state index is -0.886. The van der Waals surface area contributed by atoms with Gasteiger partial charge in [-0.05, 0) is 12.8 Å². The van der Waals surface area contributed by atoms with Crippen molar-refractivity contribution in [2.45, 2.75) is 25.8 Å². The van der Waals surface area contributed by atoms with E-state index >= 15 is 0 Å². The first-order valence-corrected chi connectivity index (χ1v) is 6.22. The SMILES string of the molecule is CC(CN(C)C(=O)N(C)C1CCOCC1)C(=O)O. The molecular weight excluding hydrogens is 236 g/mol. The Kier molecular flexibility index (Phi) is 5.40. The highest BCUT2D eigenvalue weighted by molar-refractivity contribution is 5.76. The van der Waals surface area contributed by atoms with E-state index in [1.807, 2.05) is 0 Å². The number of amides is 2. The Hall–Kier alpha value is -1.30. The summed E-state index contributed by atoms with van der Waals surface area (Å²) in [6.07, 6.45) is 1.68. The molecule has 1 fully saturated rings. The van der Waals surface area contributed by atoms with E-state index < -0.39 is 11.9 Å². The lowest BCUT2D eigenvalue weighted by molar-refractivity contribution is -0.141. The molecule has 1 atom stereocenters. The average molecular weight is 258 g/mol. The van der Waals surface area contributed by atoms with Gasteiger partial charge in [-0.25, -0.2) is 4.79 Å². The van der Waals surface area contributed by atoms with Crippen LogP contribution in [0.1, 0.15) is 19.8 Å². The fourth-order valence-electron chi connectivity index (χ4n) is 2.06. The fraction of sp³-hybridized carbons (Fsp3) is 0.833. The zero-order valence-electron chi connectivity index (χ0n) is 11.3. The topological polar surface area (TPSA) is 70.1 Å². The third-order valence-electron chi connectivity index (χ3n) is 3.34. The van der Waals surface area contributed by atoms with Crippen molar-refractivity contribution in [3.63, 3.8) is 0 Å². The zero-order chi connectivity index (χ0) is 13.7. The minimum absolute atomic E-state index is 0.130. The summed E-state index contributed by atoms with van der Waals surface area (Å²) in [5.74, 6) is -1.44. The van der Waals surface area contributed by atoms with E-state index in [2.05, 4.69) is 0 Å². The number of rotatable bonds is 4. The maximum absolute atomic E-state index is 12.1. The summed E-state index contributed by atoms with van der Waals surface area (Å²) in [6.45, 7) is 3.18. The monoisotopic (exact) mass is 258 g/mol. The van der Waals surface area contributed by atoms with Gasteiger partial charge in [0.15, 0.2) is 0 Å². The van der Waals surface area contributed by atoms with E-state index in [1.165, 1.54) is 4.90 Å². The summed E-state index contributed by atoms with van der Waals surface area (Å²) in [5, 5.41) is 8.83. The fourth-order valence-corrected chi connectivity index (χ4v) is 2.06. The molecule has 6 nitrogen and oxygen atoms in total. The maximum Gasteiger partial charge on any atom is 0.319 e. The molecule has 2 amide bonds. The van der Waals surface area contributed by atoms with Crippen molar-refractivity contribution in [1.29, 1.82) is 0 Å². The highest BCUT2D eigenvalue weighted by Gasteiger charge is 2.26. The first-order chi connectivity index (χ1) is 8.43. The van der Waals surface area contributed by atoms with Crippen LogP contribution in [0.4, 0.5) is 4.79 Å². The van der Waals surface area contributed by atoms with Crippen LogP contribution >= 0.6 is 0 Å². The second-order valence-electron chi connectivity index (χ2n) is 4.86. The molecule has 1 saturated heterocycles. The minimum Gasteiger partial charge on any atom is -0.481 e. The van der Waals surface area contributed by atoms with Gasteiger partial charge >= 0.3 is 12.0 Å². The van der Waals surface area contributed by atoms with Crippen LogP contribution in [0.5, 0.6) is 0 Å². The van der Waals surface area contributed by atoms with E-state index in [0.29, 0.717) is 13.2 Å². The highest BCUT2D eigenvalue weighted by Crippen LogP contribution is 2.14. The second kappa shape index (κ2) is 6.58. The standard InChI is InChI=1S/C12H22N2O4/c1-9(11(15)16)8-13(2)12(17)14(3)10-4-6-18-7-5-10/h9-10H,4-8H2,1-3H3,(H,15,16). The summed E-state index contributed by atoms with van der Waals surface area (Å²) in [7, 11) is 3.40. The van der Waals surface area contributed by atoms with E-state index in [9.17, 15) is 9.59 Å². The molecule has 0 aromatic rings. The molecule has 104 valence electrons. The molecule has 18 heavy (non-hydrogen) atoms. The maximum atomic E-state index is 12.1. The Morgan fingerprint density at radius 3 is 2.39 bits per heavy atom. The molecule has 6 heteroatoms. The van der Waals surface area contributed by atoms with Crippen molar-refractivity contribution in [1.82, 2.24) is 9.80 Å². The van der Waals surface area contributed by atoms with Gasteiger partial charge in [0.05, 0.1) is 5.92 Å². The van der Waals surface area contributed by atoms with Gasteiger partial charge in [-0.1, -0.05) is 6.92 Å². The third-order valence-corrected chi connectivity index (χ3v) is 3.34. The summed E-state index contributed by atoms with van der Waals surface area (Å²) in [6, 6.07) is 0.0591. The van der Waals surface area contributed by atoms with Crippen molar-refractivity contribution < 1.29 is 19.4 Å². The lowest BCUT2D eigenvalue weighted by atomic mass is 10.1. The zero-order valence-corrected chi connectivity index (χ0v) is 11.3. The van der Waals surface area contributed by atoms with Gasteiger partial charge < -0.3 is 19.6 Å². The van der Waals surface area contributed by atoms with E-state index in [1.54, 1.807) is 25.9 Å². The van der Waals surface area contributed by atoms with E-state index in [0.717, 1.165) is 12.8 Å². The van der Waals surface area contributed by atoms with Crippen molar-refractivity contribution in [3.8, 4) is 0 Å². The van der Waals surface area contributed by atoms with Crippen LogP contribution in [0.3, 0.4) is 0 Å². The number of aliphatic carboxylic acids is 1. The number of carboxylic acid groups (broad SMARTS) is 1. The quantitative estimate of drug-likeness (QED) is 0.812. The predicted octanol–water partition coefficient (Wildman–Crippen LogP) is 0.870. The first-order valence-electron chi connectivity index (χ1n) is 6.22. The normalized spacial score (nSPS) is 18.2. The van der Waals surface area contributed by atoms with Crippen LogP contribution in [-0.2, 0) is 9.53 Å². The Bertz CT molecular complexity index is 302. The van der Waals surface area contributed by atoms with E-state index in [-0.39, 0.29) is 18.6 Å². The summed E-state index contributed by atoms with van der Waals surface area (Å²) >= 11 is 0. The van der Waals surface area contributed by atoms with Crippen LogP contribution < -0.4 is 0 Å². The number of ether oxygens (including phenoxy) is 1. The van der Waals surface area contributed by atoms with Crippen LogP contribution in [0.25, 0.3) is 0 Å². The summed E-state index contributed by atoms with van der Waals surface area (Å²) in [5.41, 5.74) is 0. The van der Waals surface area contributed by atoms with Gasteiger partial charge in [0, 0.05) is 39.9 Å². The van der Waals surface area contributed by atoms with Crippen molar-refractivity contribution in [2.24, 2.45) is 5.92 Å². The molecule has 1 aliphatic rings. The number of carboxylic acids is 1. The molecule has 0 aromatic heterocycles. The molecule has 1 unspecified atom stereocenters. The summed E-state index contributed by atoms with van der Waals surface area (Å²) < 4.78 is 5.26. The number of carbonyl (C=O) groups is 2. The van der Waals surface area contributed by atoms with E-state index in [4.69, 9.17) is 9.84 Å². The van der Waals surface area contributed by atoms with Gasteiger partial charge in [0.1, 0.15) is 0 Å². The van der Waals surface area contributed by atoms with Crippen molar-refractivity contribution in [2.75, 3.05) is 33.9 Å². The molecule has 1 N–H and O–H groups in total. The van der Waals surface area contributed by atoms with Crippen molar-refractivity contribution in [3.05, 3.63) is 0 Å². The Morgan fingerprint density at radius 2 is 1.89 bits per heavy atom. The predicted molar refractivity (Wildman–Crippen MR) is 66.4 cm³/mol. The smallest absolute Gasteiger partial charge is 0.319 e. The number of carbonyl (C=O) groups excluding carboxylic acids is 1. The highest BCUT2D eigenvalue weighted by atomic mass is 16.5. The molecule has 0 aliphatic carbocycles. The van der Waals surface area contributed by atoms with Crippen molar-refractivity contribution >= 4 is 12.0 Å². The molecule has 1 heterocycles. The number of nitrogens with zero attached hydrogens (tertiary/aromatic N) is 2. The molecule has 0 bridgehead atoms. The van der Waals surface area contributed by atoms with Crippen LogP contribution in [0.2, 0.25) is 0 Å². The molecule has 0 spiro atoms. The van der Waals surface area contributed by atoms with Gasteiger partial charge in [-0.15, -0.1) is 0 Å². The second-order valence-corrected chi connectivity index (χ2v) is 4.86. The van der Waals surface area contributed by atoms with Crippen LogP contribution in [0, 0.1) is 5.92 Å². The average Bonchev–Trinajstić information content (AvgIpc) is 2.37. The molecule has 0 saturated carbocycles. The Balaban J connectivity index is 2.48. The number of hydrogen-bond acceptors (Lipinski definition) is 3. The third kappa shape index (κ3) is 3.87. The summed E-state index contributed by atoms with van der Waals surface area (Å²) in [4.78, 5) is 26.0. The lowest BCUT2D eigenvalue weighted by Gasteiger charge is -2.34. The van der Waals surface area contributed by atoms with Gasteiger partial charge in [0.2, 0.25) is 0 Å². The Morgan fingerprint density at radius 1 is 1.33 bits per heavy atom. The Labute approximate surface area is 107 Å². The largest absolute Gasteiger partial charge is 0.481 e. The molecule has 1 rings (SSSR count). The number of urea groups is 1. The van der Waals surface area contributed by atoms with Crippen LogP contribution in [-0.4, -0.2) is 66.8 Å². The van der Waals surface area contributed by atoms with Gasteiger partial charge in [0.25, 0.3) is 0 Å². The van der Waals surface area contributed by atoms with Gasteiger partial charge in [-0.3, -0.25) is 4.79 Å². The number of hydrogen-bond donors (Lipinski definition) is 1. The lowest BCUT2D eigenvalue weighted by Crippen LogP contribution is -2.47. The molecule has 0 radical (unpaired) electrons.